The van der Waals surface area contributed by atoms with Crippen LogP contribution in [0.1, 0.15) is 11.1 Å². The number of halogens is 5. The Morgan fingerprint density at radius 2 is 1.92 bits per heavy atom. The summed E-state index contributed by atoms with van der Waals surface area (Å²) in [6.45, 7) is 0.252. The number of carbonyl (C=O) groups is 1. The van der Waals surface area contributed by atoms with E-state index in [0.29, 0.717) is 5.56 Å². The smallest absolute Gasteiger partial charge is 0.327 e. The molecule has 0 spiro atoms. The highest BCUT2D eigenvalue weighted by atomic mass is 19.4. The number of rotatable bonds is 3. The Morgan fingerprint density at radius 3 is 2.54 bits per heavy atom. The van der Waals surface area contributed by atoms with Gasteiger partial charge in [-0.25, -0.2) is 18.4 Å². The molecule has 5 nitrogen and oxygen atoms in total. The summed E-state index contributed by atoms with van der Waals surface area (Å²) in [6, 6.07) is 3.46. The summed E-state index contributed by atoms with van der Waals surface area (Å²) in [6.07, 6.45) is -1.03. The zero-order valence-corrected chi connectivity index (χ0v) is 13.5. The third-order valence-corrected chi connectivity index (χ3v) is 3.70. The van der Waals surface area contributed by atoms with Crippen LogP contribution in [0.5, 0.6) is 0 Å². The Hall–Kier alpha value is -2.78. The first kappa shape index (κ1) is 18.0. The van der Waals surface area contributed by atoms with E-state index in [4.69, 9.17) is 0 Å². The lowest BCUT2D eigenvalue weighted by molar-refractivity contribution is -0.160. The van der Waals surface area contributed by atoms with Gasteiger partial charge >= 0.3 is 6.18 Å². The van der Waals surface area contributed by atoms with Gasteiger partial charge < -0.3 is 4.90 Å². The number of aromatic nitrogens is 3. The van der Waals surface area contributed by atoms with Crippen molar-refractivity contribution in [2.24, 2.45) is 0 Å². The molecule has 1 fully saturated rings. The van der Waals surface area contributed by atoms with E-state index < -0.39 is 36.7 Å². The molecule has 2 heterocycles. The fourth-order valence-electron chi connectivity index (χ4n) is 2.47. The van der Waals surface area contributed by atoms with Crippen molar-refractivity contribution in [2.75, 3.05) is 13.1 Å². The van der Waals surface area contributed by atoms with Crippen LogP contribution in [0.25, 0.3) is 17.6 Å². The normalized spacial score (nSPS) is 16.8. The highest BCUT2D eigenvalue weighted by Gasteiger charge is 2.45. The van der Waals surface area contributed by atoms with Crippen molar-refractivity contribution in [1.29, 1.82) is 0 Å². The summed E-state index contributed by atoms with van der Waals surface area (Å²) in [7, 11) is 0. The molecule has 2 aromatic rings. The zero-order valence-electron chi connectivity index (χ0n) is 13.5. The molecule has 0 N–H and O–H groups in total. The second-order valence-corrected chi connectivity index (χ2v) is 6.00. The van der Waals surface area contributed by atoms with Crippen molar-refractivity contribution in [3.05, 3.63) is 41.7 Å². The van der Waals surface area contributed by atoms with Crippen LogP contribution >= 0.6 is 0 Å². The van der Waals surface area contributed by atoms with Gasteiger partial charge in [0, 0.05) is 17.8 Å². The Labute approximate surface area is 144 Å². The lowest BCUT2D eigenvalue weighted by Crippen LogP contribution is -2.58. The van der Waals surface area contributed by atoms with Crippen LogP contribution in [0, 0.1) is 6.92 Å². The molecule has 0 saturated carbocycles. The fraction of sp³-hybridized carbons (Fsp3) is 0.312. The van der Waals surface area contributed by atoms with Gasteiger partial charge in [-0.1, -0.05) is 0 Å². The summed E-state index contributed by atoms with van der Waals surface area (Å²) in [5.74, 6) is -3.42. The van der Waals surface area contributed by atoms with Gasteiger partial charge in [-0.15, -0.1) is 5.10 Å². The van der Waals surface area contributed by atoms with E-state index >= 15 is 0 Å². The average molecular weight is 372 g/mol. The number of benzene rings is 1. The van der Waals surface area contributed by atoms with Gasteiger partial charge in [0.05, 0.1) is 18.7 Å². The molecule has 1 aromatic carbocycles. The number of carbonyl (C=O) groups excluding carboxylic acids is 1. The zero-order chi connectivity index (χ0) is 19.1. The van der Waals surface area contributed by atoms with E-state index in [1.165, 1.54) is 25.5 Å². The Bertz CT molecular complexity index is 864. The van der Waals surface area contributed by atoms with Crippen molar-refractivity contribution in [1.82, 2.24) is 19.7 Å². The average Bonchev–Trinajstić information content (AvgIpc) is 2.97. The van der Waals surface area contributed by atoms with Gasteiger partial charge in [0.2, 0.25) is 5.91 Å². The number of hydrogen-bond acceptors (Lipinski definition) is 3. The molecule has 0 atom stereocenters. The third kappa shape index (κ3) is 3.89. The fourth-order valence-corrected chi connectivity index (χ4v) is 2.47. The van der Waals surface area contributed by atoms with Crippen molar-refractivity contribution >= 4 is 12.1 Å². The van der Waals surface area contributed by atoms with Crippen LogP contribution in [0.15, 0.2) is 30.6 Å². The van der Waals surface area contributed by atoms with Crippen molar-refractivity contribution in [3.8, 4) is 11.4 Å². The molecule has 3 rings (SSSR count). The molecule has 138 valence electrons. The number of hydrogen-bond donors (Lipinski definition) is 0. The molecule has 0 unspecified atom stereocenters. The number of nitrogens with zero attached hydrogens (tertiary/aromatic N) is 4. The molecular formula is C16H13F5N4O. The van der Waals surface area contributed by atoms with Gasteiger partial charge in [-0.2, -0.15) is 13.2 Å². The predicted octanol–water partition coefficient (Wildman–Crippen LogP) is 3.22. The van der Waals surface area contributed by atoms with Crippen LogP contribution < -0.4 is 0 Å². The minimum Gasteiger partial charge on any atom is -0.327 e. The molecule has 0 aliphatic carbocycles. The van der Waals surface area contributed by atoms with Crippen LogP contribution in [-0.4, -0.2) is 44.6 Å². The SMILES string of the molecule is Cc1cc(-c2ncn(/C=C\C(=O)N3CC(F)(F)C3)n2)cc(C(F)(F)F)c1. The summed E-state index contributed by atoms with van der Waals surface area (Å²) in [4.78, 5) is 16.6. The Balaban J connectivity index is 1.75. The maximum absolute atomic E-state index is 12.9. The van der Waals surface area contributed by atoms with Gasteiger partial charge in [-0.05, 0) is 30.7 Å². The second kappa shape index (κ2) is 6.19. The van der Waals surface area contributed by atoms with E-state index in [2.05, 4.69) is 10.1 Å². The standard InChI is InChI=1S/C16H13F5N4O/c1-10-4-11(6-12(5-10)16(19,20)21)14-22-9-25(23-14)3-2-13(26)24-7-15(17,18)8-24/h2-6,9H,7-8H2,1H3/b3-2-. The summed E-state index contributed by atoms with van der Waals surface area (Å²) in [5, 5.41) is 3.98. The van der Waals surface area contributed by atoms with Gasteiger partial charge in [0.25, 0.3) is 5.92 Å². The maximum atomic E-state index is 12.9. The molecule has 10 heteroatoms. The first-order valence-corrected chi connectivity index (χ1v) is 7.49. The highest BCUT2D eigenvalue weighted by Crippen LogP contribution is 2.32. The molecule has 1 saturated heterocycles. The lowest BCUT2D eigenvalue weighted by atomic mass is 10.1. The van der Waals surface area contributed by atoms with Gasteiger partial charge in [-0.3, -0.25) is 4.79 Å². The van der Waals surface area contributed by atoms with Crippen molar-refractivity contribution < 1.29 is 26.7 Å². The first-order valence-electron chi connectivity index (χ1n) is 7.49. The molecular weight excluding hydrogens is 359 g/mol. The molecule has 1 aliphatic heterocycles. The highest BCUT2D eigenvalue weighted by molar-refractivity contribution is 5.90. The Morgan fingerprint density at radius 1 is 1.23 bits per heavy atom. The van der Waals surface area contributed by atoms with Gasteiger partial charge in [0.15, 0.2) is 5.82 Å². The van der Waals surface area contributed by atoms with Gasteiger partial charge in [0.1, 0.15) is 6.33 Å². The lowest BCUT2D eigenvalue weighted by Gasteiger charge is -2.37. The predicted molar refractivity (Wildman–Crippen MR) is 82.1 cm³/mol. The number of amides is 1. The molecule has 1 amide bonds. The van der Waals surface area contributed by atoms with Crippen LogP contribution in [0.3, 0.4) is 0 Å². The quantitative estimate of drug-likeness (QED) is 0.614. The third-order valence-electron chi connectivity index (χ3n) is 3.70. The van der Waals surface area contributed by atoms with E-state index in [1.54, 1.807) is 0 Å². The van der Waals surface area contributed by atoms with Crippen molar-refractivity contribution in [3.63, 3.8) is 0 Å². The minimum atomic E-state index is -4.49. The summed E-state index contributed by atoms with van der Waals surface area (Å²) >= 11 is 0. The van der Waals surface area contributed by atoms with E-state index in [9.17, 15) is 26.7 Å². The second-order valence-electron chi connectivity index (χ2n) is 6.00. The summed E-state index contributed by atoms with van der Waals surface area (Å²) < 4.78 is 65.3. The van der Waals surface area contributed by atoms with E-state index in [0.717, 1.165) is 27.8 Å². The molecule has 1 aromatic heterocycles. The van der Waals surface area contributed by atoms with E-state index in [1.807, 2.05) is 0 Å². The van der Waals surface area contributed by atoms with Crippen molar-refractivity contribution in [2.45, 2.75) is 19.0 Å². The number of alkyl halides is 5. The molecule has 0 bridgehead atoms. The largest absolute Gasteiger partial charge is 0.416 e. The van der Waals surface area contributed by atoms with Crippen LogP contribution in [-0.2, 0) is 11.0 Å². The first-order chi connectivity index (χ1) is 12.0. The molecule has 0 radical (unpaired) electrons. The topological polar surface area (TPSA) is 51.0 Å². The number of aryl methyl sites for hydroxylation is 1. The molecule has 26 heavy (non-hydrogen) atoms. The summed E-state index contributed by atoms with van der Waals surface area (Å²) in [5.41, 5.74) is -0.234. The minimum absolute atomic E-state index is 0.0479. The monoisotopic (exact) mass is 372 g/mol. The van der Waals surface area contributed by atoms with Crippen LogP contribution in [0.2, 0.25) is 0 Å². The maximum Gasteiger partial charge on any atom is 0.416 e. The van der Waals surface area contributed by atoms with E-state index in [-0.39, 0.29) is 11.4 Å². The van der Waals surface area contributed by atoms with Crippen LogP contribution in [0.4, 0.5) is 22.0 Å². The molecule has 1 aliphatic rings. The number of likely N-dealkylation sites (tertiary alicyclic amines) is 1. The Kier molecular flexibility index (Phi) is 4.29.